The average molecular weight is 262 g/mol. The maximum atomic E-state index is 6.19. The summed E-state index contributed by atoms with van der Waals surface area (Å²) >= 11 is 0. The summed E-state index contributed by atoms with van der Waals surface area (Å²) in [6.45, 7) is 10.5. The van der Waals surface area contributed by atoms with Crippen molar-refractivity contribution in [3.05, 3.63) is 11.4 Å². The van der Waals surface area contributed by atoms with Crippen LogP contribution in [0.2, 0.25) is 0 Å². The predicted octanol–water partition coefficient (Wildman–Crippen LogP) is 2.15. The highest BCUT2D eigenvalue weighted by atomic mass is 16.7. The van der Waals surface area contributed by atoms with Gasteiger partial charge in [0.05, 0.1) is 16.9 Å². The molecule has 1 saturated carbocycles. The maximum Gasteiger partial charge on any atom is 0.498 e. The highest BCUT2D eigenvalue weighted by Crippen LogP contribution is 2.41. The molecule has 1 saturated heterocycles. The van der Waals surface area contributed by atoms with E-state index in [2.05, 4.69) is 44.8 Å². The molecule has 0 amide bonds. The zero-order chi connectivity index (χ0) is 13.8. The summed E-state index contributed by atoms with van der Waals surface area (Å²) in [6.07, 6.45) is 3.40. The standard InChI is InChI=1S/C14H23BN2O2/c1-6-10-11(12(17-16-10)9-7-8-9)15-18-13(2,3)14(4,5)19-15/h9H,6-8H2,1-5H3,(H,16,17). The van der Waals surface area contributed by atoms with Crippen molar-refractivity contribution in [2.75, 3.05) is 0 Å². The molecule has 104 valence electrons. The second-order valence-electron chi connectivity index (χ2n) is 6.72. The minimum absolute atomic E-state index is 0.283. The number of aromatic amines is 1. The van der Waals surface area contributed by atoms with Crippen LogP contribution in [0.4, 0.5) is 0 Å². The van der Waals surface area contributed by atoms with Gasteiger partial charge in [0.1, 0.15) is 0 Å². The van der Waals surface area contributed by atoms with E-state index in [1.807, 2.05) is 0 Å². The van der Waals surface area contributed by atoms with Gasteiger partial charge in [-0.05, 0) is 47.0 Å². The molecule has 0 aromatic carbocycles. The predicted molar refractivity (Wildman–Crippen MR) is 75.7 cm³/mol. The van der Waals surface area contributed by atoms with E-state index < -0.39 is 0 Å². The van der Waals surface area contributed by atoms with Gasteiger partial charge in [-0.25, -0.2) is 0 Å². The molecule has 3 rings (SSSR count). The number of hydrogen-bond acceptors (Lipinski definition) is 3. The van der Waals surface area contributed by atoms with E-state index in [-0.39, 0.29) is 18.3 Å². The molecule has 1 aromatic heterocycles. The molecule has 4 nitrogen and oxygen atoms in total. The Hall–Kier alpha value is -0.805. The summed E-state index contributed by atoms with van der Waals surface area (Å²) in [6, 6.07) is 0. The second-order valence-corrected chi connectivity index (χ2v) is 6.72. The van der Waals surface area contributed by atoms with Gasteiger partial charge >= 0.3 is 7.12 Å². The summed E-state index contributed by atoms with van der Waals surface area (Å²) in [5.41, 5.74) is 2.89. The van der Waals surface area contributed by atoms with Gasteiger partial charge in [-0.15, -0.1) is 0 Å². The Bertz CT molecular complexity index is 476. The first kappa shape index (κ1) is 13.2. The quantitative estimate of drug-likeness (QED) is 0.849. The first-order chi connectivity index (χ1) is 8.86. The largest absolute Gasteiger partial charge is 0.498 e. The van der Waals surface area contributed by atoms with Gasteiger partial charge in [0.15, 0.2) is 0 Å². The van der Waals surface area contributed by atoms with Crippen LogP contribution in [0.5, 0.6) is 0 Å². The molecule has 19 heavy (non-hydrogen) atoms. The van der Waals surface area contributed by atoms with Crippen LogP contribution in [-0.4, -0.2) is 28.5 Å². The number of nitrogens with one attached hydrogen (secondary N) is 1. The normalized spacial score (nSPS) is 25.0. The lowest BCUT2D eigenvalue weighted by molar-refractivity contribution is 0.00578. The Kier molecular flexibility index (Phi) is 2.84. The smallest absolute Gasteiger partial charge is 0.399 e. The number of rotatable bonds is 3. The lowest BCUT2D eigenvalue weighted by atomic mass is 9.75. The number of aryl methyl sites for hydroxylation is 1. The van der Waals surface area contributed by atoms with E-state index in [4.69, 9.17) is 9.31 Å². The van der Waals surface area contributed by atoms with E-state index in [0.29, 0.717) is 5.92 Å². The number of hydrogen-bond donors (Lipinski definition) is 1. The molecule has 2 fully saturated rings. The van der Waals surface area contributed by atoms with Gasteiger partial charge in [-0.1, -0.05) is 6.92 Å². The van der Waals surface area contributed by atoms with Crippen LogP contribution in [0.3, 0.4) is 0 Å². The van der Waals surface area contributed by atoms with Crippen molar-refractivity contribution >= 4 is 12.6 Å². The maximum absolute atomic E-state index is 6.19. The van der Waals surface area contributed by atoms with Crippen LogP contribution in [0.25, 0.3) is 0 Å². The highest BCUT2D eigenvalue weighted by molar-refractivity contribution is 6.63. The van der Waals surface area contributed by atoms with Crippen molar-refractivity contribution in [1.82, 2.24) is 10.2 Å². The van der Waals surface area contributed by atoms with Crippen LogP contribution < -0.4 is 5.46 Å². The Morgan fingerprint density at radius 3 is 2.26 bits per heavy atom. The van der Waals surface area contributed by atoms with E-state index >= 15 is 0 Å². The minimum atomic E-state index is -0.291. The molecule has 0 radical (unpaired) electrons. The monoisotopic (exact) mass is 262 g/mol. The van der Waals surface area contributed by atoms with Crippen molar-refractivity contribution in [2.45, 2.75) is 71.0 Å². The molecule has 1 N–H and O–H groups in total. The molecule has 0 bridgehead atoms. The molecule has 5 heteroatoms. The first-order valence-electron chi connectivity index (χ1n) is 7.28. The molecule has 0 unspecified atom stereocenters. The van der Waals surface area contributed by atoms with Crippen molar-refractivity contribution in [1.29, 1.82) is 0 Å². The van der Waals surface area contributed by atoms with Gasteiger partial charge in [-0.3, -0.25) is 5.10 Å². The highest BCUT2D eigenvalue weighted by Gasteiger charge is 2.53. The number of H-pyrrole nitrogens is 1. The summed E-state index contributed by atoms with van der Waals surface area (Å²) in [5, 5.41) is 7.67. The lowest BCUT2D eigenvalue weighted by Gasteiger charge is -2.32. The topological polar surface area (TPSA) is 47.1 Å². The van der Waals surface area contributed by atoms with Gasteiger partial charge in [0.25, 0.3) is 0 Å². The fraction of sp³-hybridized carbons (Fsp3) is 0.786. The van der Waals surface area contributed by atoms with E-state index in [1.54, 1.807) is 0 Å². The van der Waals surface area contributed by atoms with Crippen LogP contribution in [0.1, 0.15) is 64.8 Å². The molecular weight excluding hydrogens is 239 g/mol. The summed E-state index contributed by atoms with van der Waals surface area (Å²) in [7, 11) is -0.283. The molecular formula is C14H23BN2O2. The average Bonchev–Trinajstić information content (AvgIpc) is 3.01. The molecule has 2 heterocycles. The number of nitrogens with zero attached hydrogens (tertiary/aromatic N) is 1. The first-order valence-corrected chi connectivity index (χ1v) is 7.28. The fourth-order valence-corrected chi connectivity index (χ4v) is 2.56. The van der Waals surface area contributed by atoms with Crippen LogP contribution >= 0.6 is 0 Å². The molecule has 1 aliphatic heterocycles. The molecule has 0 spiro atoms. The summed E-state index contributed by atoms with van der Waals surface area (Å²) in [5.74, 6) is 0.602. The zero-order valence-electron chi connectivity index (χ0n) is 12.5. The molecule has 1 aromatic rings. The third-order valence-electron chi connectivity index (χ3n) is 4.72. The van der Waals surface area contributed by atoms with Gasteiger partial charge in [0, 0.05) is 17.1 Å². The van der Waals surface area contributed by atoms with E-state index in [1.165, 1.54) is 12.8 Å². The van der Waals surface area contributed by atoms with Crippen LogP contribution in [0, 0.1) is 0 Å². The molecule has 2 aliphatic rings. The lowest BCUT2D eigenvalue weighted by Crippen LogP contribution is -2.41. The van der Waals surface area contributed by atoms with Gasteiger partial charge < -0.3 is 9.31 Å². The minimum Gasteiger partial charge on any atom is -0.399 e. The summed E-state index contributed by atoms with van der Waals surface area (Å²) in [4.78, 5) is 0. The van der Waals surface area contributed by atoms with Crippen molar-refractivity contribution in [3.8, 4) is 0 Å². The second kappa shape index (κ2) is 4.09. The summed E-state index contributed by atoms with van der Waals surface area (Å²) < 4.78 is 12.4. The Balaban J connectivity index is 1.97. The van der Waals surface area contributed by atoms with Crippen LogP contribution in [0.15, 0.2) is 0 Å². The third-order valence-corrected chi connectivity index (χ3v) is 4.72. The molecule has 0 atom stereocenters. The zero-order valence-corrected chi connectivity index (χ0v) is 12.5. The van der Waals surface area contributed by atoms with E-state index in [9.17, 15) is 0 Å². The Morgan fingerprint density at radius 1 is 1.21 bits per heavy atom. The van der Waals surface area contributed by atoms with Gasteiger partial charge in [-0.2, -0.15) is 5.10 Å². The number of aromatic nitrogens is 2. The fourth-order valence-electron chi connectivity index (χ4n) is 2.56. The third kappa shape index (κ3) is 2.03. The van der Waals surface area contributed by atoms with Crippen molar-refractivity contribution in [3.63, 3.8) is 0 Å². The Morgan fingerprint density at radius 2 is 1.79 bits per heavy atom. The van der Waals surface area contributed by atoms with E-state index in [0.717, 1.165) is 23.3 Å². The van der Waals surface area contributed by atoms with Crippen molar-refractivity contribution < 1.29 is 9.31 Å². The van der Waals surface area contributed by atoms with Gasteiger partial charge in [0.2, 0.25) is 0 Å². The Labute approximate surface area is 115 Å². The van der Waals surface area contributed by atoms with Crippen molar-refractivity contribution in [2.24, 2.45) is 0 Å². The SMILES string of the molecule is CCc1[nH]nc(C2CC2)c1B1OC(C)(C)C(C)(C)O1. The van der Waals surface area contributed by atoms with Crippen LogP contribution in [-0.2, 0) is 15.7 Å². The molecule has 1 aliphatic carbocycles.